The minimum atomic E-state index is -1.82. The number of halogens is 1. The van der Waals surface area contributed by atoms with Crippen molar-refractivity contribution in [2.75, 3.05) is 44.7 Å². The molecule has 2 heterocycles. The molecule has 1 aliphatic rings. The monoisotopic (exact) mass is 546 g/mol. The minimum Gasteiger partial charge on any atom is -0.473 e. The quantitative estimate of drug-likeness (QED) is 0.222. The fourth-order valence-corrected chi connectivity index (χ4v) is 3.39. The standard InChI is InChI=1S/C21H23FN4O.2C2H2O4/c22-17-8-6-16(7-9-17)20-18-4-1-2-5-19(18)21(25-24-20)23-10-3-11-26-12-14-27-15-13-26;2*3-1(4)2(5)6/h1-2,4-9H,3,10-15H2,(H,23,25);2*(H,3,4)(H,5,6). The topological polar surface area (TPSA) is 199 Å². The van der Waals surface area contributed by atoms with Crippen LogP contribution in [0.25, 0.3) is 22.0 Å². The number of benzene rings is 2. The number of rotatable bonds is 6. The number of hydrogen-bond acceptors (Lipinski definition) is 9. The Balaban J connectivity index is 0.000000374. The van der Waals surface area contributed by atoms with Gasteiger partial charge in [0, 0.05) is 36.0 Å². The summed E-state index contributed by atoms with van der Waals surface area (Å²) in [4.78, 5) is 38.8. The van der Waals surface area contributed by atoms with Crippen LogP contribution in [0.5, 0.6) is 0 Å². The van der Waals surface area contributed by atoms with Gasteiger partial charge in [0.25, 0.3) is 0 Å². The van der Waals surface area contributed by atoms with Gasteiger partial charge < -0.3 is 30.5 Å². The van der Waals surface area contributed by atoms with Crippen molar-refractivity contribution in [2.24, 2.45) is 0 Å². The summed E-state index contributed by atoms with van der Waals surface area (Å²) in [6.45, 7) is 5.56. The van der Waals surface area contributed by atoms with Gasteiger partial charge in [-0.05, 0) is 37.2 Å². The molecule has 4 rings (SSSR count). The molecule has 1 saturated heterocycles. The van der Waals surface area contributed by atoms with Gasteiger partial charge in [-0.25, -0.2) is 23.6 Å². The van der Waals surface area contributed by atoms with E-state index < -0.39 is 23.9 Å². The third kappa shape index (κ3) is 10.3. The van der Waals surface area contributed by atoms with Crippen molar-refractivity contribution in [3.63, 3.8) is 0 Å². The summed E-state index contributed by atoms with van der Waals surface area (Å²) in [5.41, 5.74) is 1.63. The first-order valence-electron chi connectivity index (χ1n) is 11.6. The Labute approximate surface area is 221 Å². The van der Waals surface area contributed by atoms with Crippen molar-refractivity contribution < 1.29 is 48.7 Å². The number of carboxylic acids is 4. The molecule has 0 atom stereocenters. The predicted octanol–water partition coefficient (Wildman–Crippen LogP) is 1.88. The Bertz CT molecular complexity index is 1230. The highest BCUT2D eigenvalue weighted by Gasteiger charge is 2.12. The van der Waals surface area contributed by atoms with Crippen LogP contribution in [0.2, 0.25) is 0 Å². The highest BCUT2D eigenvalue weighted by molar-refractivity contribution is 6.27. The first kappa shape index (κ1) is 30.5. The van der Waals surface area contributed by atoms with Gasteiger partial charge in [0.1, 0.15) is 11.5 Å². The van der Waals surface area contributed by atoms with Gasteiger partial charge in [0.05, 0.1) is 13.2 Å². The molecular formula is C25H27FN4O9. The highest BCUT2D eigenvalue weighted by atomic mass is 19.1. The number of anilines is 1. The maximum absolute atomic E-state index is 13.2. The van der Waals surface area contributed by atoms with Crippen LogP contribution in [0.15, 0.2) is 48.5 Å². The van der Waals surface area contributed by atoms with E-state index in [4.69, 9.17) is 44.3 Å². The second-order valence-corrected chi connectivity index (χ2v) is 7.90. The van der Waals surface area contributed by atoms with E-state index in [0.29, 0.717) is 0 Å². The normalized spacial score (nSPS) is 12.7. The molecule has 3 aromatic rings. The SMILES string of the molecule is Fc1ccc(-c2nnc(NCCCN3CCOCC3)c3ccccc23)cc1.O=C(O)C(=O)O.O=C(O)C(=O)O. The Morgan fingerprint density at radius 1 is 0.821 bits per heavy atom. The molecule has 0 bridgehead atoms. The number of hydrogen-bond donors (Lipinski definition) is 5. The zero-order valence-corrected chi connectivity index (χ0v) is 20.6. The van der Waals surface area contributed by atoms with E-state index >= 15 is 0 Å². The van der Waals surface area contributed by atoms with Gasteiger partial charge >= 0.3 is 23.9 Å². The van der Waals surface area contributed by atoms with Crippen LogP contribution in [0.1, 0.15) is 6.42 Å². The molecule has 2 aromatic carbocycles. The summed E-state index contributed by atoms with van der Waals surface area (Å²) >= 11 is 0. The first-order valence-corrected chi connectivity index (χ1v) is 11.6. The number of aliphatic carboxylic acids is 4. The summed E-state index contributed by atoms with van der Waals surface area (Å²) in [6, 6.07) is 14.4. The first-order chi connectivity index (χ1) is 18.6. The van der Waals surface area contributed by atoms with E-state index in [1.54, 1.807) is 12.1 Å². The third-order valence-corrected chi connectivity index (χ3v) is 5.22. The number of ether oxygens (including phenoxy) is 1. The number of fused-ring (bicyclic) bond motifs is 1. The van der Waals surface area contributed by atoms with Gasteiger partial charge in [-0.1, -0.05) is 24.3 Å². The van der Waals surface area contributed by atoms with Crippen molar-refractivity contribution in [2.45, 2.75) is 6.42 Å². The van der Waals surface area contributed by atoms with Crippen LogP contribution in [0, 0.1) is 5.82 Å². The molecule has 0 amide bonds. The summed E-state index contributed by atoms with van der Waals surface area (Å²) in [5, 5.41) is 43.8. The van der Waals surface area contributed by atoms with E-state index in [9.17, 15) is 4.39 Å². The zero-order chi connectivity index (χ0) is 28.8. The number of aromatic nitrogens is 2. The lowest BCUT2D eigenvalue weighted by Crippen LogP contribution is -2.37. The van der Waals surface area contributed by atoms with Gasteiger partial charge in [-0.3, -0.25) is 4.90 Å². The smallest absolute Gasteiger partial charge is 0.414 e. The highest BCUT2D eigenvalue weighted by Crippen LogP contribution is 2.29. The van der Waals surface area contributed by atoms with E-state index in [0.717, 1.165) is 73.7 Å². The largest absolute Gasteiger partial charge is 0.473 e. The fraction of sp³-hybridized carbons (Fsp3) is 0.280. The Morgan fingerprint density at radius 3 is 1.90 bits per heavy atom. The fourth-order valence-electron chi connectivity index (χ4n) is 3.39. The summed E-state index contributed by atoms with van der Waals surface area (Å²) in [5.74, 6) is -6.76. The van der Waals surface area contributed by atoms with Crippen LogP contribution < -0.4 is 5.32 Å². The number of nitrogens with zero attached hydrogens (tertiary/aromatic N) is 3. The molecule has 0 unspecified atom stereocenters. The number of morpholine rings is 1. The van der Waals surface area contributed by atoms with Crippen molar-refractivity contribution in [3.05, 3.63) is 54.3 Å². The molecule has 208 valence electrons. The van der Waals surface area contributed by atoms with E-state index in [1.807, 2.05) is 24.3 Å². The minimum absolute atomic E-state index is 0.255. The molecule has 0 aliphatic carbocycles. The van der Waals surface area contributed by atoms with E-state index in [2.05, 4.69) is 20.4 Å². The lowest BCUT2D eigenvalue weighted by Gasteiger charge is -2.26. The molecule has 14 heteroatoms. The van der Waals surface area contributed by atoms with Crippen molar-refractivity contribution in [3.8, 4) is 11.3 Å². The Hall–Kier alpha value is -4.69. The van der Waals surface area contributed by atoms with Crippen LogP contribution in [0.4, 0.5) is 10.2 Å². The van der Waals surface area contributed by atoms with Crippen LogP contribution in [-0.2, 0) is 23.9 Å². The number of nitrogens with one attached hydrogen (secondary N) is 1. The Kier molecular flexibility index (Phi) is 12.2. The van der Waals surface area contributed by atoms with E-state index in [-0.39, 0.29) is 5.82 Å². The van der Waals surface area contributed by atoms with Crippen molar-refractivity contribution in [1.29, 1.82) is 0 Å². The van der Waals surface area contributed by atoms with Crippen molar-refractivity contribution >= 4 is 40.5 Å². The second-order valence-electron chi connectivity index (χ2n) is 7.90. The Morgan fingerprint density at radius 2 is 1.36 bits per heavy atom. The zero-order valence-electron chi connectivity index (χ0n) is 20.6. The molecule has 1 fully saturated rings. The maximum Gasteiger partial charge on any atom is 0.414 e. The van der Waals surface area contributed by atoms with Crippen LogP contribution in [-0.4, -0.2) is 98.8 Å². The van der Waals surface area contributed by atoms with Crippen molar-refractivity contribution in [1.82, 2.24) is 15.1 Å². The molecular weight excluding hydrogens is 519 g/mol. The maximum atomic E-state index is 13.2. The average molecular weight is 547 g/mol. The van der Waals surface area contributed by atoms with Gasteiger partial charge in [0.2, 0.25) is 0 Å². The third-order valence-electron chi connectivity index (χ3n) is 5.22. The van der Waals surface area contributed by atoms with Gasteiger partial charge in [0.15, 0.2) is 5.82 Å². The average Bonchev–Trinajstić information content (AvgIpc) is 2.93. The summed E-state index contributed by atoms with van der Waals surface area (Å²) in [7, 11) is 0. The lowest BCUT2D eigenvalue weighted by atomic mass is 10.0. The molecule has 0 radical (unpaired) electrons. The number of carbonyl (C=O) groups is 4. The molecule has 39 heavy (non-hydrogen) atoms. The lowest BCUT2D eigenvalue weighted by molar-refractivity contribution is -0.159. The van der Waals surface area contributed by atoms with E-state index in [1.165, 1.54) is 12.1 Å². The van der Waals surface area contributed by atoms with Crippen LogP contribution in [0.3, 0.4) is 0 Å². The number of carboxylic acid groups (broad SMARTS) is 4. The second kappa shape index (κ2) is 15.5. The molecule has 13 nitrogen and oxygen atoms in total. The van der Waals surface area contributed by atoms with Gasteiger partial charge in [-0.15, -0.1) is 10.2 Å². The molecule has 1 aliphatic heterocycles. The van der Waals surface area contributed by atoms with Crippen LogP contribution >= 0.6 is 0 Å². The molecule has 0 saturated carbocycles. The summed E-state index contributed by atoms with van der Waals surface area (Å²) < 4.78 is 18.6. The molecule has 5 N–H and O–H groups in total. The predicted molar refractivity (Wildman–Crippen MR) is 136 cm³/mol. The van der Waals surface area contributed by atoms with Gasteiger partial charge in [-0.2, -0.15) is 0 Å². The molecule has 0 spiro atoms. The summed E-state index contributed by atoms with van der Waals surface area (Å²) in [6.07, 6.45) is 1.04. The molecule has 1 aromatic heterocycles.